The van der Waals surface area contributed by atoms with Crippen LogP contribution in [0, 0.1) is 5.82 Å². The summed E-state index contributed by atoms with van der Waals surface area (Å²) in [4.78, 5) is 5.56. The molecule has 1 N–H and O–H groups in total. The van der Waals surface area contributed by atoms with Gasteiger partial charge in [0.05, 0.1) is 7.11 Å². The van der Waals surface area contributed by atoms with Crippen molar-refractivity contribution in [3.05, 3.63) is 29.6 Å². The summed E-state index contributed by atoms with van der Waals surface area (Å²) in [5.74, 6) is -0.198. The van der Waals surface area contributed by atoms with Crippen molar-refractivity contribution in [2.75, 3.05) is 13.4 Å². The molecule has 1 aromatic rings. The van der Waals surface area contributed by atoms with Crippen LogP contribution >= 0.6 is 11.8 Å². The van der Waals surface area contributed by atoms with E-state index in [0.717, 1.165) is 4.90 Å². The molecule has 0 aliphatic heterocycles. The van der Waals surface area contributed by atoms with E-state index in [1.807, 2.05) is 12.3 Å². The summed E-state index contributed by atoms with van der Waals surface area (Å²) in [6, 6.07) is 5.17. The summed E-state index contributed by atoms with van der Waals surface area (Å²) in [5.41, 5.74) is 3.21. The molecule has 0 bridgehead atoms. The van der Waals surface area contributed by atoms with Crippen LogP contribution in [0.4, 0.5) is 4.39 Å². The average Bonchev–Trinajstić information content (AvgIpc) is 2.16. The Balaban J connectivity index is 2.73. The lowest BCUT2D eigenvalue weighted by Gasteiger charge is -2.04. The van der Waals surface area contributed by atoms with Crippen LogP contribution in [0.2, 0.25) is 0 Å². The SMILES string of the molecule is CONCc1ccc(SC)cc1F. The lowest BCUT2D eigenvalue weighted by Crippen LogP contribution is -2.11. The molecule has 0 amide bonds. The molecule has 0 aromatic heterocycles. The summed E-state index contributed by atoms with van der Waals surface area (Å²) >= 11 is 1.52. The zero-order valence-corrected chi connectivity index (χ0v) is 8.45. The molecule has 4 heteroatoms. The minimum atomic E-state index is -0.198. The number of hydroxylamine groups is 1. The van der Waals surface area contributed by atoms with Gasteiger partial charge >= 0.3 is 0 Å². The van der Waals surface area contributed by atoms with E-state index in [0.29, 0.717) is 12.1 Å². The number of hydrogen-bond donors (Lipinski definition) is 1. The van der Waals surface area contributed by atoms with E-state index in [1.54, 1.807) is 6.07 Å². The molecule has 72 valence electrons. The van der Waals surface area contributed by atoms with Gasteiger partial charge in [0, 0.05) is 17.0 Å². The van der Waals surface area contributed by atoms with Crippen LogP contribution in [0.5, 0.6) is 0 Å². The first kappa shape index (κ1) is 10.5. The van der Waals surface area contributed by atoms with Crippen LogP contribution in [0.1, 0.15) is 5.56 Å². The molecule has 0 aliphatic rings. The smallest absolute Gasteiger partial charge is 0.128 e. The highest BCUT2D eigenvalue weighted by molar-refractivity contribution is 7.98. The predicted octanol–water partition coefficient (Wildman–Crippen LogP) is 2.20. The van der Waals surface area contributed by atoms with Crippen molar-refractivity contribution < 1.29 is 9.23 Å². The van der Waals surface area contributed by atoms with Crippen LogP contribution in [0.25, 0.3) is 0 Å². The van der Waals surface area contributed by atoms with E-state index in [4.69, 9.17) is 0 Å². The molecule has 13 heavy (non-hydrogen) atoms. The third-order valence-electron chi connectivity index (χ3n) is 1.67. The second kappa shape index (κ2) is 5.21. The highest BCUT2D eigenvalue weighted by Crippen LogP contribution is 2.18. The first-order chi connectivity index (χ1) is 6.27. The summed E-state index contributed by atoms with van der Waals surface area (Å²) < 4.78 is 13.3. The van der Waals surface area contributed by atoms with E-state index in [-0.39, 0.29) is 5.82 Å². The van der Waals surface area contributed by atoms with Crippen molar-refractivity contribution >= 4 is 11.8 Å². The lowest BCUT2D eigenvalue weighted by molar-refractivity contribution is 0.0859. The number of rotatable bonds is 4. The van der Waals surface area contributed by atoms with Crippen molar-refractivity contribution in [3.8, 4) is 0 Å². The zero-order valence-electron chi connectivity index (χ0n) is 7.63. The Morgan fingerprint density at radius 3 is 2.85 bits per heavy atom. The standard InChI is InChI=1S/C9H12FNOS/c1-12-11-6-7-3-4-8(13-2)5-9(7)10/h3-5,11H,6H2,1-2H3. The van der Waals surface area contributed by atoms with Crippen molar-refractivity contribution in [2.24, 2.45) is 0 Å². The Bertz CT molecular complexity index is 280. The fourth-order valence-electron chi connectivity index (χ4n) is 0.948. The molecule has 0 saturated heterocycles. The maximum Gasteiger partial charge on any atom is 0.128 e. The molecule has 0 atom stereocenters. The Kier molecular flexibility index (Phi) is 4.21. The van der Waals surface area contributed by atoms with E-state index in [9.17, 15) is 4.39 Å². The van der Waals surface area contributed by atoms with Gasteiger partial charge in [0.25, 0.3) is 0 Å². The van der Waals surface area contributed by atoms with E-state index >= 15 is 0 Å². The van der Waals surface area contributed by atoms with Crippen LogP contribution in [0.15, 0.2) is 23.1 Å². The van der Waals surface area contributed by atoms with Crippen LogP contribution < -0.4 is 5.48 Å². The first-order valence-corrected chi connectivity index (χ1v) is 5.08. The maximum absolute atomic E-state index is 13.3. The van der Waals surface area contributed by atoms with Crippen molar-refractivity contribution in [1.82, 2.24) is 5.48 Å². The van der Waals surface area contributed by atoms with Gasteiger partial charge in [0.2, 0.25) is 0 Å². The third kappa shape index (κ3) is 2.99. The van der Waals surface area contributed by atoms with Crippen molar-refractivity contribution in [2.45, 2.75) is 11.4 Å². The fraction of sp³-hybridized carbons (Fsp3) is 0.333. The average molecular weight is 201 g/mol. The van der Waals surface area contributed by atoms with Gasteiger partial charge in [-0.1, -0.05) is 6.07 Å². The molecule has 1 aromatic carbocycles. The second-order valence-corrected chi connectivity index (χ2v) is 3.36. The topological polar surface area (TPSA) is 21.3 Å². The van der Waals surface area contributed by atoms with Crippen LogP contribution in [-0.4, -0.2) is 13.4 Å². The molecule has 0 unspecified atom stereocenters. The molecule has 0 spiro atoms. The van der Waals surface area contributed by atoms with E-state index in [2.05, 4.69) is 10.3 Å². The quantitative estimate of drug-likeness (QED) is 0.596. The second-order valence-electron chi connectivity index (χ2n) is 2.48. The molecule has 0 radical (unpaired) electrons. The number of hydrogen-bond acceptors (Lipinski definition) is 3. The summed E-state index contributed by atoms with van der Waals surface area (Å²) in [6.07, 6.45) is 1.92. The van der Waals surface area contributed by atoms with E-state index in [1.165, 1.54) is 24.9 Å². The van der Waals surface area contributed by atoms with Gasteiger partial charge in [-0.25, -0.2) is 4.39 Å². The molecular weight excluding hydrogens is 189 g/mol. The predicted molar refractivity (Wildman–Crippen MR) is 52.0 cm³/mol. The Hall–Kier alpha value is -0.580. The van der Waals surface area contributed by atoms with Crippen LogP contribution in [0.3, 0.4) is 0 Å². The number of benzene rings is 1. The van der Waals surface area contributed by atoms with Gasteiger partial charge in [-0.3, -0.25) is 0 Å². The van der Waals surface area contributed by atoms with E-state index < -0.39 is 0 Å². The highest BCUT2D eigenvalue weighted by atomic mass is 32.2. The molecule has 2 nitrogen and oxygen atoms in total. The van der Waals surface area contributed by atoms with Gasteiger partial charge in [-0.15, -0.1) is 11.8 Å². The fourth-order valence-corrected chi connectivity index (χ4v) is 1.37. The zero-order chi connectivity index (χ0) is 9.68. The molecular formula is C9H12FNOS. The summed E-state index contributed by atoms with van der Waals surface area (Å²) in [7, 11) is 1.51. The number of halogens is 1. The van der Waals surface area contributed by atoms with Gasteiger partial charge in [0.15, 0.2) is 0 Å². The molecule has 0 saturated carbocycles. The van der Waals surface area contributed by atoms with Gasteiger partial charge < -0.3 is 4.84 Å². The summed E-state index contributed by atoms with van der Waals surface area (Å²) in [5, 5.41) is 0. The van der Waals surface area contributed by atoms with Gasteiger partial charge in [-0.05, 0) is 18.4 Å². The normalized spacial score (nSPS) is 10.4. The molecule has 0 aliphatic carbocycles. The number of thioether (sulfide) groups is 1. The lowest BCUT2D eigenvalue weighted by atomic mass is 10.2. The molecule has 1 rings (SSSR count). The molecule has 0 fully saturated rings. The van der Waals surface area contributed by atoms with Gasteiger partial charge in [-0.2, -0.15) is 5.48 Å². The Morgan fingerprint density at radius 1 is 1.54 bits per heavy atom. The molecule has 0 heterocycles. The maximum atomic E-state index is 13.3. The van der Waals surface area contributed by atoms with Crippen molar-refractivity contribution in [1.29, 1.82) is 0 Å². The van der Waals surface area contributed by atoms with Crippen molar-refractivity contribution in [3.63, 3.8) is 0 Å². The largest absolute Gasteiger partial charge is 0.305 e. The Morgan fingerprint density at radius 2 is 2.31 bits per heavy atom. The first-order valence-electron chi connectivity index (χ1n) is 3.86. The van der Waals surface area contributed by atoms with Crippen LogP contribution in [-0.2, 0) is 11.4 Å². The number of nitrogens with one attached hydrogen (secondary N) is 1. The monoisotopic (exact) mass is 201 g/mol. The highest BCUT2D eigenvalue weighted by Gasteiger charge is 2.02. The summed E-state index contributed by atoms with van der Waals surface area (Å²) in [6.45, 7) is 0.386. The minimum Gasteiger partial charge on any atom is -0.305 e. The minimum absolute atomic E-state index is 0.198. The Labute approximate surface area is 81.4 Å². The van der Waals surface area contributed by atoms with Gasteiger partial charge in [0.1, 0.15) is 5.82 Å². The third-order valence-corrected chi connectivity index (χ3v) is 2.39.